The maximum Gasteiger partial charge on any atom is 0.322 e. The van der Waals surface area contributed by atoms with Gasteiger partial charge in [-0.15, -0.1) is 0 Å². The van der Waals surface area contributed by atoms with E-state index in [0.29, 0.717) is 25.8 Å². The number of hydrogen-bond donors (Lipinski definition) is 5. The molecule has 7 heteroatoms. The van der Waals surface area contributed by atoms with Crippen LogP contribution in [-0.2, 0) is 9.59 Å². The minimum absolute atomic E-state index is 0.412. The Balaban J connectivity index is 3.55. The summed E-state index contributed by atoms with van der Waals surface area (Å²) in [7, 11) is 0. The molecule has 0 heterocycles. The average molecular weight is 219 g/mol. The number of nitrogens with one attached hydrogen (secondary N) is 2. The van der Waals surface area contributed by atoms with Gasteiger partial charge in [0.1, 0.15) is 6.54 Å². The van der Waals surface area contributed by atoms with E-state index < -0.39 is 24.5 Å². The van der Waals surface area contributed by atoms with Crippen LogP contribution in [0.5, 0.6) is 0 Å². The summed E-state index contributed by atoms with van der Waals surface area (Å²) in [4.78, 5) is 21.3. The van der Waals surface area contributed by atoms with Gasteiger partial charge in [0, 0.05) is 6.54 Å². The van der Waals surface area contributed by atoms with Crippen LogP contribution in [0.3, 0.4) is 0 Å². The lowest BCUT2D eigenvalue weighted by molar-refractivity contribution is -0.138. The molecule has 0 radical (unpaired) electrons. The Labute approximate surface area is 87.6 Å². The third-order valence-corrected chi connectivity index (χ3v) is 1.80. The summed E-state index contributed by atoms with van der Waals surface area (Å²) in [5, 5.41) is 18.8. The van der Waals surface area contributed by atoms with E-state index in [-0.39, 0.29) is 0 Å². The van der Waals surface area contributed by atoms with Gasteiger partial charge in [-0.2, -0.15) is 0 Å². The second-order valence-corrected chi connectivity index (χ2v) is 3.12. The van der Waals surface area contributed by atoms with Crippen molar-refractivity contribution >= 4 is 11.9 Å². The zero-order chi connectivity index (χ0) is 11.7. The molecule has 88 valence electrons. The second kappa shape index (κ2) is 8.16. The van der Waals surface area contributed by atoms with Crippen molar-refractivity contribution in [2.24, 2.45) is 5.73 Å². The molecule has 1 amide bonds. The number of amides is 1. The van der Waals surface area contributed by atoms with Gasteiger partial charge in [-0.05, 0) is 12.8 Å². The Bertz CT molecular complexity index is 210. The smallest absolute Gasteiger partial charge is 0.322 e. The SMILES string of the molecule is N[C@@H](CCCCNO)C(=O)NCC(=O)O. The van der Waals surface area contributed by atoms with Crippen molar-refractivity contribution in [1.29, 1.82) is 0 Å². The van der Waals surface area contributed by atoms with E-state index >= 15 is 0 Å². The quantitative estimate of drug-likeness (QED) is 0.254. The number of carbonyl (C=O) groups excluding carboxylic acids is 1. The van der Waals surface area contributed by atoms with Crippen LogP contribution in [0.2, 0.25) is 0 Å². The molecule has 0 fully saturated rings. The fourth-order valence-corrected chi connectivity index (χ4v) is 0.993. The number of unbranched alkanes of at least 4 members (excludes halogenated alkanes) is 1. The Kier molecular flexibility index (Phi) is 7.51. The summed E-state index contributed by atoms with van der Waals surface area (Å²) in [5.41, 5.74) is 7.49. The number of rotatable bonds is 8. The third-order valence-electron chi connectivity index (χ3n) is 1.80. The van der Waals surface area contributed by atoms with Crippen molar-refractivity contribution in [2.75, 3.05) is 13.1 Å². The van der Waals surface area contributed by atoms with Crippen molar-refractivity contribution in [3.8, 4) is 0 Å². The Morgan fingerprint density at radius 1 is 1.33 bits per heavy atom. The summed E-state index contributed by atoms with van der Waals surface area (Å²) in [6, 6.07) is -0.692. The molecule has 0 aliphatic rings. The largest absolute Gasteiger partial charge is 0.480 e. The Hall–Kier alpha value is -1.18. The van der Waals surface area contributed by atoms with Crippen molar-refractivity contribution in [3.05, 3.63) is 0 Å². The second-order valence-electron chi connectivity index (χ2n) is 3.12. The summed E-state index contributed by atoms with van der Waals surface area (Å²) >= 11 is 0. The molecule has 0 spiro atoms. The molecule has 0 aliphatic heterocycles. The molecule has 0 aromatic heterocycles. The topological polar surface area (TPSA) is 125 Å². The highest BCUT2D eigenvalue weighted by Crippen LogP contribution is 1.98. The number of hydroxylamine groups is 1. The highest BCUT2D eigenvalue weighted by atomic mass is 16.5. The Morgan fingerprint density at radius 3 is 2.53 bits per heavy atom. The minimum Gasteiger partial charge on any atom is -0.480 e. The Morgan fingerprint density at radius 2 is 2.00 bits per heavy atom. The zero-order valence-electron chi connectivity index (χ0n) is 8.40. The molecule has 0 bridgehead atoms. The van der Waals surface area contributed by atoms with Gasteiger partial charge in [0.05, 0.1) is 6.04 Å². The molecule has 7 nitrogen and oxygen atoms in total. The highest BCUT2D eigenvalue weighted by molar-refractivity contribution is 5.84. The summed E-state index contributed by atoms with van der Waals surface area (Å²) < 4.78 is 0. The maximum atomic E-state index is 11.1. The number of nitrogens with two attached hydrogens (primary N) is 1. The van der Waals surface area contributed by atoms with Gasteiger partial charge in [-0.25, -0.2) is 5.48 Å². The molecule has 0 aromatic carbocycles. The predicted octanol–water partition coefficient (Wildman–Crippen LogP) is -1.34. The summed E-state index contributed by atoms with van der Waals surface area (Å²) in [6.45, 7) is 0.0359. The van der Waals surface area contributed by atoms with Crippen LogP contribution in [0, 0.1) is 0 Å². The molecule has 0 aromatic rings. The van der Waals surface area contributed by atoms with Crippen LogP contribution in [0.15, 0.2) is 0 Å². The van der Waals surface area contributed by atoms with E-state index in [4.69, 9.17) is 16.0 Å². The first-order valence-electron chi connectivity index (χ1n) is 4.70. The first kappa shape index (κ1) is 13.8. The van der Waals surface area contributed by atoms with Crippen LogP contribution in [0.1, 0.15) is 19.3 Å². The van der Waals surface area contributed by atoms with Crippen LogP contribution >= 0.6 is 0 Å². The van der Waals surface area contributed by atoms with Crippen molar-refractivity contribution in [1.82, 2.24) is 10.8 Å². The molecular formula is C8H17N3O4. The zero-order valence-corrected chi connectivity index (χ0v) is 8.40. The lowest BCUT2D eigenvalue weighted by Crippen LogP contribution is -2.42. The van der Waals surface area contributed by atoms with Gasteiger partial charge in [-0.3, -0.25) is 9.59 Å². The highest BCUT2D eigenvalue weighted by Gasteiger charge is 2.13. The number of aliphatic carboxylic acids is 1. The molecule has 0 unspecified atom stereocenters. The standard InChI is InChI=1S/C8H17N3O4/c9-6(3-1-2-4-11-15)8(14)10-5-7(12)13/h6,11,15H,1-5,9H2,(H,10,14)(H,12,13)/t6-/m0/s1. The summed E-state index contributed by atoms with van der Waals surface area (Å²) in [5.74, 6) is -1.56. The van der Waals surface area contributed by atoms with Crippen molar-refractivity contribution in [3.63, 3.8) is 0 Å². The van der Waals surface area contributed by atoms with Crippen LogP contribution in [-0.4, -0.2) is 41.3 Å². The van der Waals surface area contributed by atoms with E-state index in [1.165, 1.54) is 0 Å². The predicted molar refractivity (Wildman–Crippen MR) is 52.3 cm³/mol. The van der Waals surface area contributed by atoms with E-state index in [1.807, 2.05) is 5.48 Å². The lowest BCUT2D eigenvalue weighted by atomic mass is 10.1. The molecule has 0 saturated carbocycles. The molecule has 6 N–H and O–H groups in total. The van der Waals surface area contributed by atoms with E-state index in [0.717, 1.165) is 0 Å². The third kappa shape index (κ3) is 7.86. The lowest BCUT2D eigenvalue weighted by Gasteiger charge is -2.10. The monoisotopic (exact) mass is 219 g/mol. The van der Waals surface area contributed by atoms with Crippen molar-refractivity contribution in [2.45, 2.75) is 25.3 Å². The van der Waals surface area contributed by atoms with Crippen LogP contribution in [0.4, 0.5) is 0 Å². The van der Waals surface area contributed by atoms with Gasteiger partial charge in [0.15, 0.2) is 0 Å². The molecular weight excluding hydrogens is 202 g/mol. The normalized spacial score (nSPS) is 12.1. The number of carbonyl (C=O) groups is 2. The number of carboxylic acids is 1. The number of carboxylic acid groups (broad SMARTS) is 1. The van der Waals surface area contributed by atoms with Gasteiger partial charge < -0.3 is 21.4 Å². The van der Waals surface area contributed by atoms with Gasteiger partial charge in [-0.1, -0.05) is 6.42 Å². The molecule has 15 heavy (non-hydrogen) atoms. The van der Waals surface area contributed by atoms with E-state index in [9.17, 15) is 9.59 Å². The van der Waals surface area contributed by atoms with Gasteiger partial charge in [0.25, 0.3) is 0 Å². The summed E-state index contributed by atoms with van der Waals surface area (Å²) in [6.07, 6.45) is 1.86. The first-order chi connectivity index (χ1) is 7.07. The van der Waals surface area contributed by atoms with Crippen molar-refractivity contribution < 1.29 is 19.9 Å². The van der Waals surface area contributed by atoms with Crippen LogP contribution in [0.25, 0.3) is 0 Å². The van der Waals surface area contributed by atoms with Gasteiger partial charge >= 0.3 is 5.97 Å². The van der Waals surface area contributed by atoms with E-state index in [1.54, 1.807) is 0 Å². The van der Waals surface area contributed by atoms with E-state index in [2.05, 4.69) is 5.32 Å². The van der Waals surface area contributed by atoms with Crippen LogP contribution < -0.4 is 16.5 Å². The molecule has 1 atom stereocenters. The number of hydrogen-bond acceptors (Lipinski definition) is 5. The fourth-order valence-electron chi connectivity index (χ4n) is 0.993. The first-order valence-corrected chi connectivity index (χ1v) is 4.70. The van der Waals surface area contributed by atoms with Gasteiger partial charge in [0.2, 0.25) is 5.91 Å². The molecule has 0 aliphatic carbocycles. The maximum absolute atomic E-state index is 11.1. The molecule has 0 saturated heterocycles. The fraction of sp³-hybridized carbons (Fsp3) is 0.750. The average Bonchev–Trinajstić information content (AvgIpc) is 2.20. The molecule has 0 rings (SSSR count). The minimum atomic E-state index is -1.10.